The molecule has 0 aliphatic carbocycles. The van der Waals surface area contributed by atoms with Crippen LogP contribution in [-0.2, 0) is 0 Å². The molecule has 3 nitrogen and oxygen atoms in total. The van der Waals surface area contributed by atoms with Gasteiger partial charge in [-0.05, 0) is 56.2 Å². The third kappa shape index (κ3) is 2.94. The van der Waals surface area contributed by atoms with Crippen LogP contribution in [-0.4, -0.2) is 11.1 Å². The lowest BCUT2D eigenvalue weighted by Crippen LogP contribution is -2.00. The van der Waals surface area contributed by atoms with E-state index in [4.69, 9.17) is 4.74 Å². The smallest absolute Gasteiger partial charge is 0.339 e. The molecule has 0 spiro atoms. The van der Waals surface area contributed by atoms with Crippen molar-refractivity contribution in [3.8, 4) is 11.5 Å². The number of carboxylic acids is 1. The van der Waals surface area contributed by atoms with E-state index in [1.807, 2.05) is 45.0 Å². The predicted octanol–water partition coefficient (Wildman–Crippen LogP) is 4.10. The number of carbonyl (C=O) groups is 1. The number of carboxylic acid groups (broad SMARTS) is 1. The summed E-state index contributed by atoms with van der Waals surface area (Å²) in [6.45, 7) is 5.87. The zero-order valence-corrected chi connectivity index (χ0v) is 11.2. The molecular formula is C16H16O3. The van der Waals surface area contributed by atoms with E-state index in [0.717, 1.165) is 11.1 Å². The van der Waals surface area contributed by atoms with Gasteiger partial charge in [0.15, 0.2) is 0 Å². The van der Waals surface area contributed by atoms with Gasteiger partial charge in [-0.1, -0.05) is 17.7 Å². The van der Waals surface area contributed by atoms with Gasteiger partial charge >= 0.3 is 5.97 Å². The van der Waals surface area contributed by atoms with Gasteiger partial charge < -0.3 is 9.84 Å². The zero-order valence-electron chi connectivity index (χ0n) is 11.2. The van der Waals surface area contributed by atoms with E-state index in [2.05, 4.69) is 0 Å². The molecule has 0 saturated heterocycles. The minimum absolute atomic E-state index is 0.179. The Morgan fingerprint density at radius 1 is 1.00 bits per heavy atom. The van der Waals surface area contributed by atoms with Crippen LogP contribution < -0.4 is 4.74 Å². The second-order valence-electron chi connectivity index (χ2n) is 4.65. The Labute approximate surface area is 112 Å². The summed E-state index contributed by atoms with van der Waals surface area (Å²) in [5.41, 5.74) is 3.36. The van der Waals surface area contributed by atoms with Gasteiger partial charge in [0.2, 0.25) is 0 Å². The van der Waals surface area contributed by atoms with Gasteiger partial charge in [-0.3, -0.25) is 0 Å². The van der Waals surface area contributed by atoms with Crippen molar-refractivity contribution >= 4 is 5.97 Å². The maximum atomic E-state index is 11.2. The normalized spacial score (nSPS) is 10.3. The zero-order chi connectivity index (χ0) is 14.0. The monoisotopic (exact) mass is 256 g/mol. The Hall–Kier alpha value is -2.29. The molecule has 0 aliphatic rings. The van der Waals surface area contributed by atoms with Gasteiger partial charge in [-0.15, -0.1) is 0 Å². The molecule has 0 aliphatic heterocycles. The Bertz CT molecular complexity index is 630. The van der Waals surface area contributed by atoms with Crippen LogP contribution in [0.2, 0.25) is 0 Å². The van der Waals surface area contributed by atoms with Gasteiger partial charge in [0.05, 0.1) is 0 Å². The van der Waals surface area contributed by atoms with Crippen LogP contribution in [0.25, 0.3) is 0 Å². The molecule has 0 fully saturated rings. The fourth-order valence-electron chi connectivity index (χ4n) is 1.80. The summed E-state index contributed by atoms with van der Waals surface area (Å²) in [6, 6.07) is 10.8. The highest BCUT2D eigenvalue weighted by molar-refractivity contribution is 5.91. The van der Waals surface area contributed by atoms with Crippen LogP contribution >= 0.6 is 0 Å². The molecular weight excluding hydrogens is 240 g/mol. The van der Waals surface area contributed by atoms with Crippen LogP contribution in [0.4, 0.5) is 0 Å². The minimum atomic E-state index is -0.984. The first kappa shape index (κ1) is 13.1. The van der Waals surface area contributed by atoms with Gasteiger partial charge in [0.25, 0.3) is 0 Å². The number of hydrogen-bond donors (Lipinski definition) is 1. The summed E-state index contributed by atoms with van der Waals surface area (Å²) >= 11 is 0. The molecule has 1 N–H and O–H groups in total. The summed E-state index contributed by atoms with van der Waals surface area (Å²) in [7, 11) is 0. The van der Waals surface area contributed by atoms with E-state index in [9.17, 15) is 9.90 Å². The predicted molar refractivity (Wildman–Crippen MR) is 74.1 cm³/mol. The molecule has 0 bridgehead atoms. The fourth-order valence-corrected chi connectivity index (χ4v) is 1.80. The molecule has 3 heteroatoms. The second-order valence-corrected chi connectivity index (χ2v) is 4.65. The molecule has 0 radical (unpaired) electrons. The maximum Gasteiger partial charge on any atom is 0.339 e. The Kier molecular flexibility index (Phi) is 3.56. The van der Waals surface area contributed by atoms with Gasteiger partial charge in [0.1, 0.15) is 17.1 Å². The van der Waals surface area contributed by atoms with Gasteiger partial charge in [-0.2, -0.15) is 0 Å². The van der Waals surface area contributed by atoms with Gasteiger partial charge in [0, 0.05) is 0 Å². The van der Waals surface area contributed by atoms with Crippen molar-refractivity contribution in [2.45, 2.75) is 20.8 Å². The number of benzene rings is 2. The number of aromatic carboxylic acids is 1. The quantitative estimate of drug-likeness (QED) is 0.899. The highest BCUT2D eigenvalue weighted by atomic mass is 16.5. The van der Waals surface area contributed by atoms with Crippen LogP contribution in [0.5, 0.6) is 11.5 Å². The number of hydrogen-bond acceptors (Lipinski definition) is 2. The van der Waals surface area contributed by atoms with Crippen molar-refractivity contribution in [1.82, 2.24) is 0 Å². The average Bonchev–Trinajstić information content (AvgIpc) is 2.36. The minimum Gasteiger partial charge on any atom is -0.478 e. The van der Waals surface area contributed by atoms with Crippen LogP contribution in [0.15, 0.2) is 36.4 Å². The highest BCUT2D eigenvalue weighted by Crippen LogP contribution is 2.27. The maximum absolute atomic E-state index is 11.2. The van der Waals surface area contributed by atoms with Gasteiger partial charge in [-0.25, -0.2) is 4.79 Å². The molecule has 0 aromatic heterocycles. The van der Waals surface area contributed by atoms with Crippen molar-refractivity contribution < 1.29 is 14.6 Å². The summed E-state index contributed by atoms with van der Waals surface area (Å²) in [5, 5.41) is 9.19. The SMILES string of the molecule is Cc1ccc(Oc2ccc(C)c(C)c2)c(C(=O)O)c1. The standard InChI is InChI=1S/C16H16O3/c1-10-4-7-15(14(8-10)16(17)18)19-13-6-5-11(2)12(3)9-13/h4-9H,1-3H3,(H,17,18). The number of ether oxygens (including phenoxy) is 1. The molecule has 0 heterocycles. The lowest BCUT2D eigenvalue weighted by atomic mass is 10.1. The first-order valence-electron chi connectivity index (χ1n) is 6.06. The van der Waals surface area contributed by atoms with Crippen molar-refractivity contribution in [2.75, 3.05) is 0 Å². The summed E-state index contributed by atoms with van der Waals surface area (Å²) in [4.78, 5) is 11.2. The Morgan fingerprint density at radius 3 is 2.37 bits per heavy atom. The van der Waals surface area contributed by atoms with E-state index in [0.29, 0.717) is 11.5 Å². The van der Waals surface area contributed by atoms with Crippen molar-refractivity contribution in [1.29, 1.82) is 0 Å². The fraction of sp³-hybridized carbons (Fsp3) is 0.188. The van der Waals surface area contributed by atoms with Crippen molar-refractivity contribution in [2.24, 2.45) is 0 Å². The molecule has 19 heavy (non-hydrogen) atoms. The van der Waals surface area contributed by atoms with E-state index >= 15 is 0 Å². The Morgan fingerprint density at radius 2 is 1.74 bits per heavy atom. The first-order chi connectivity index (χ1) is 8.97. The molecule has 0 saturated carbocycles. The third-order valence-corrected chi connectivity index (χ3v) is 3.07. The molecule has 2 aromatic carbocycles. The van der Waals surface area contributed by atoms with E-state index < -0.39 is 5.97 Å². The largest absolute Gasteiger partial charge is 0.478 e. The summed E-state index contributed by atoms with van der Waals surface area (Å²) < 4.78 is 5.68. The molecule has 2 rings (SSSR count). The number of rotatable bonds is 3. The number of aryl methyl sites for hydroxylation is 3. The molecule has 2 aromatic rings. The van der Waals surface area contributed by atoms with E-state index in [-0.39, 0.29) is 5.56 Å². The molecule has 0 unspecified atom stereocenters. The lowest BCUT2D eigenvalue weighted by molar-refractivity contribution is 0.0694. The second kappa shape index (κ2) is 5.14. The summed E-state index contributed by atoms with van der Waals surface area (Å²) in [6.07, 6.45) is 0. The lowest BCUT2D eigenvalue weighted by Gasteiger charge is -2.10. The molecule has 98 valence electrons. The summed E-state index contributed by atoms with van der Waals surface area (Å²) in [5.74, 6) is 0.0262. The average molecular weight is 256 g/mol. The topological polar surface area (TPSA) is 46.5 Å². The molecule has 0 amide bonds. The first-order valence-corrected chi connectivity index (χ1v) is 6.06. The van der Waals surface area contributed by atoms with E-state index in [1.165, 1.54) is 5.56 Å². The van der Waals surface area contributed by atoms with Crippen molar-refractivity contribution in [3.63, 3.8) is 0 Å². The highest BCUT2D eigenvalue weighted by Gasteiger charge is 2.12. The van der Waals surface area contributed by atoms with Crippen molar-refractivity contribution in [3.05, 3.63) is 58.7 Å². The third-order valence-electron chi connectivity index (χ3n) is 3.07. The van der Waals surface area contributed by atoms with Crippen LogP contribution in [0.3, 0.4) is 0 Å². The van der Waals surface area contributed by atoms with Crippen LogP contribution in [0.1, 0.15) is 27.0 Å². The molecule has 0 atom stereocenters. The van der Waals surface area contributed by atoms with Crippen LogP contribution in [0, 0.1) is 20.8 Å². The van der Waals surface area contributed by atoms with E-state index in [1.54, 1.807) is 12.1 Å². The Balaban J connectivity index is 2.37.